The average Bonchev–Trinajstić information content (AvgIpc) is 2.45. The van der Waals surface area contributed by atoms with Gasteiger partial charge in [0.1, 0.15) is 0 Å². The lowest BCUT2D eigenvalue weighted by molar-refractivity contribution is 0.407. The van der Waals surface area contributed by atoms with Crippen molar-refractivity contribution in [1.29, 1.82) is 0 Å². The van der Waals surface area contributed by atoms with Crippen LogP contribution in [0.4, 0.5) is 0 Å². The Kier molecular flexibility index (Phi) is 25.9. The lowest BCUT2D eigenvalue weighted by Crippen LogP contribution is -2.00. The molecular formula is C22H52. The second-order valence-corrected chi connectivity index (χ2v) is 7.89. The Morgan fingerprint density at radius 3 is 0.545 bits per heavy atom. The van der Waals surface area contributed by atoms with Crippen molar-refractivity contribution in [2.75, 3.05) is 0 Å². The smallest absolute Gasteiger partial charge is 0.0422 e. The van der Waals surface area contributed by atoms with Crippen LogP contribution in [0.2, 0.25) is 0 Å². The first-order valence-corrected chi connectivity index (χ1v) is 9.54. The summed E-state index contributed by atoms with van der Waals surface area (Å²) in [4.78, 5) is 0. The maximum Gasteiger partial charge on any atom is -0.0422 e. The molecule has 0 radical (unpaired) electrons. The van der Waals surface area contributed by atoms with E-state index in [0.717, 1.165) is 35.5 Å². The molecule has 0 fully saturated rings. The summed E-state index contributed by atoms with van der Waals surface area (Å²) in [5.41, 5.74) is 0. The molecule has 0 saturated carbocycles. The zero-order valence-electron chi connectivity index (χ0n) is 17.6. The van der Waals surface area contributed by atoms with Crippen LogP contribution in [0.1, 0.15) is 110 Å². The molecule has 3 atom stereocenters. The number of rotatable bonds is 6. The summed E-state index contributed by atoms with van der Waals surface area (Å²) in [6.07, 6.45) is 3.95. The van der Waals surface area contributed by atoms with E-state index < -0.39 is 0 Å². The fourth-order valence-electron chi connectivity index (χ4n) is 1.41. The molecule has 0 nitrogen and oxygen atoms in total. The Balaban J connectivity index is -0.000000108. The Hall–Kier alpha value is 0. The third kappa shape index (κ3) is 22.3. The molecule has 0 amide bonds. The summed E-state index contributed by atoms with van der Waals surface area (Å²) < 4.78 is 0. The van der Waals surface area contributed by atoms with Gasteiger partial charge >= 0.3 is 0 Å². The van der Waals surface area contributed by atoms with Gasteiger partial charge in [-0.3, -0.25) is 0 Å². The van der Waals surface area contributed by atoms with Crippen LogP contribution in [-0.4, -0.2) is 0 Å². The molecule has 0 bridgehead atoms. The molecule has 0 heterocycles. The molecule has 0 aliphatic carbocycles. The lowest BCUT2D eigenvalue weighted by atomic mass is 9.96. The van der Waals surface area contributed by atoms with E-state index >= 15 is 0 Å². The third-order valence-electron chi connectivity index (χ3n) is 5.35. The monoisotopic (exact) mass is 316 g/mol. The highest BCUT2D eigenvalue weighted by Crippen LogP contribution is 2.13. The minimum absolute atomic E-state index is 0. The Morgan fingerprint density at radius 1 is 0.409 bits per heavy atom. The zero-order chi connectivity index (χ0) is 17.6. The van der Waals surface area contributed by atoms with Crippen molar-refractivity contribution < 1.29 is 0 Å². The Bertz CT molecular complexity index is 145. The largest absolute Gasteiger partial charge is 0.0776 e. The fourth-order valence-corrected chi connectivity index (χ4v) is 1.41. The molecule has 0 heteroatoms. The van der Waals surface area contributed by atoms with Gasteiger partial charge in [0.05, 0.1) is 0 Å². The second kappa shape index (κ2) is 19.0. The van der Waals surface area contributed by atoms with Crippen LogP contribution in [0.25, 0.3) is 0 Å². The summed E-state index contributed by atoms with van der Waals surface area (Å²) in [7, 11) is 0. The number of hydrogen-bond acceptors (Lipinski definition) is 0. The van der Waals surface area contributed by atoms with Crippen molar-refractivity contribution in [3.8, 4) is 0 Å². The second-order valence-electron chi connectivity index (χ2n) is 7.89. The number of hydrogen-bond donors (Lipinski definition) is 0. The molecule has 0 aliphatic heterocycles. The van der Waals surface area contributed by atoms with Crippen LogP contribution in [0.3, 0.4) is 0 Å². The van der Waals surface area contributed by atoms with E-state index in [1.165, 1.54) is 19.3 Å². The maximum absolute atomic E-state index is 2.30. The van der Waals surface area contributed by atoms with Gasteiger partial charge in [-0.2, -0.15) is 0 Å². The molecule has 0 spiro atoms. The summed E-state index contributed by atoms with van der Waals surface area (Å²) >= 11 is 0. The minimum atomic E-state index is 0. The quantitative estimate of drug-likeness (QED) is 0.459. The van der Waals surface area contributed by atoms with E-state index in [-0.39, 0.29) is 7.43 Å². The van der Waals surface area contributed by atoms with Gasteiger partial charge in [-0.1, -0.05) is 110 Å². The van der Waals surface area contributed by atoms with E-state index in [2.05, 4.69) is 83.1 Å². The molecule has 22 heavy (non-hydrogen) atoms. The molecule has 1 unspecified atom stereocenters. The SMILES string of the molecule is C.CCC(C)C(C)C.CC[C@@H](C)C(C)C.CC[C@H](C)C(C)C. The van der Waals surface area contributed by atoms with Gasteiger partial charge in [-0.05, 0) is 35.5 Å². The lowest BCUT2D eigenvalue weighted by Gasteiger charge is -2.10. The zero-order valence-corrected chi connectivity index (χ0v) is 17.6. The van der Waals surface area contributed by atoms with Gasteiger partial charge in [0.15, 0.2) is 0 Å². The summed E-state index contributed by atoms with van der Waals surface area (Å²) in [5, 5.41) is 0. The average molecular weight is 317 g/mol. The van der Waals surface area contributed by atoms with Gasteiger partial charge in [0.2, 0.25) is 0 Å². The van der Waals surface area contributed by atoms with E-state index in [0.29, 0.717) is 0 Å². The molecular weight excluding hydrogens is 264 g/mol. The molecule has 0 aliphatic rings. The van der Waals surface area contributed by atoms with E-state index in [4.69, 9.17) is 0 Å². The predicted molar refractivity (Wildman–Crippen MR) is 110 cm³/mol. The summed E-state index contributed by atoms with van der Waals surface area (Å²) in [6, 6.07) is 0. The molecule has 0 aromatic rings. The van der Waals surface area contributed by atoms with Crippen LogP contribution in [0.5, 0.6) is 0 Å². The predicted octanol–water partition coefficient (Wildman–Crippen LogP) is 8.70. The van der Waals surface area contributed by atoms with Crippen LogP contribution in [0.15, 0.2) is 0 Å². The van der Waals surface area contributed by atoms with E-state index in [1.807, 2.05) is 0 Å². The van der Waals surface area contributed by atoms with Gasteiger partial charge in [-0.25, -0.2) is 0 Å². The van der Waals surface area contributed by atoms with Crippen LogP contribution >= 0.6 is 0 Å². The Labute approximate surface area is 145 Å². The normalized spacial score (nSPS) is 14.3. The van der Waals surface area contributed by atoms with Gasteiger partial charge < -0.3 is 0 Å². The summed E-state index contributed by atoms with van der Waals surface area (Å²) in [5.74, 6) is 5.31. The first-order chi connectivity index (χ1) is 9.54. The van der Waals surface area contributed by atoms with Gasteiger partial charge in [-0.15, -0.1) is 0 Å². The highest BCUT2D eigenvalue weighted by atomic mass is 14.1. The van der Waals surface area contributed by atoms with Crippen molar-refractivity contribution in [2.24, 2.45) is 35.5 Å². The van der Waals surface area contributed by atoms with Crippen molar-refractivity contribution >= 4 is 0 Å². The standard InChI is InChI=1S/3C7H16.CH4/c3*1-5-7(4)6(2)3;/h3*6-7H,5H2,1-4H3;1H4/t2*7-;;/m10../s1. The highest BCUT2D eigenvalue weighted by Gasteiger charge is 2.02. The molecule has 0 aromatic heterocycles. The molecule has 0 aromatic carbocycles. The van der Waals surface area contributed by atoms with Crippen molar-refractivity contribution in [3.05, 3.63) is 0 Å². The first-order valence-electron chi connectivity index (χ1n) is 9.54. The molecule has 0 rings (SSSR count). The fraction of sp³-hybridized carbons (Fsp3) is 1.00. The van der Waals surface area contributed by atoms with Crippen LogP contribution < -0.4 is 0 Å². The van der Waals surface area contributed by atoms with Gasteiger partial charge in [0.25, 0.3) is 0 Å². The molecule has 0 saturated heterocycles. The molecule has 0 N–H and O–H groups in total. The molecule has 140 valence electrons. The third-order valence-corrected chi connectivity index (χ3v) is 5.35. The van der Waals surface area contributed by atoms with Crippen LogP contribution in [0, 0.1) is 35.5 Å². The van der Waals surface area contributed by atoms with Gasteiger partial charge in [0, 0.05) is 0 Å². The van der Waals surface area contributed by atoms with Crippen molar-refractivity contribution in [3.63, 3.8) is 0 Å². The van der Waals surface area contributed by atoms with Crippen molar-refractivity contribution in [1.82, 2.24) is 0 Å². The summed E-state index contributed by atoms with van der Waals surface area (Å²) in [6.45, 7) is 27.2. The maximum atomic E-state index is 2.30. The van der Waals surface area contributed by atoms with E-state index in [9.17, 15) is 0 Å². The van der Waals surface area contributed by atoms with Crippen molar-refractivity contribution in [2.45, 2.75) is 110 Å². The minimum Gasteiger partial charge on any atom is -0.0776 e. The highest BCUT2D eigenvalue weighted by molar-refractivity contribution is 4.53. The van der Waals surface area contributed by atoms with Crippen LogP contribution in [-0.2, 0) is 0 Å². The Morgan fingerprint density at radius 2 is 0.545 bits per heavy atom. The first kappa shape index (κ1) is 29.9. The topological polar surface area (TPSA) is 0 Å². The van der Waals surface area contributed by atoms with E-state index in [1.54, 1.807) is 0 Å².